The Morgan fingerprint density at radius 2 is 1.89 bits per heavy atom. The molecule has 3 nitrogen and oxygen atoms in total. The molecule has 0 aliphatic rings. The van der Waals surface area contributed by atoms with Crippen molar-refractivity contribution in [2.45, 2.75) is 13.5 Å². The highest BCUT2D eigenvalue weighted by atomic mass is 32.1. The molecule has 1 aromatic heterocycles. The third-order valence-electron chi connectivity index (χ3n) is 3.01. The molecule has 2 aromatic rings. The second kappa shape index (κ2) is 5.84. The summed E-state index contributed by atoms with van der Waals surface area (Å²) in [6.07, 6.45) is 0. The molecule has 0 aliphatic carbocycles. The molecule has 2 rings (SSSR count). The quantitative estimate of drug-likeness (QED) is 0.845. The van der Waals surface area contributed by atoms with Crippen LogP contribution < -0.4 is 10.6 Å². The minimum atomic E-state index is -0.260. The number of anilines is 1. The van der Waals surface area contributed by atoms with Gasteiger partial charge in [-0.05, 0) is 55.5 Å². The summed E-state index contributed by atoms with van der Waals surface area (Å²) in [7, 11) is 2.02. The summed E-state index contributed by atoms with van der Waals surface area (Å²) < 4.78 is 14.9. The lowest BCUT2D eigenvalue weighted by Gasteiger charge is -2.11. The van der Waals surface area contributed by atoms with Gasteiger partial charge in [-0.2, -0.15) is 0 Å². The van der Waals surface area contributed by atoms with Gasteiger partial charge in [0, 0.05) is 24.1 Å². The molecule has 0 saturated heterocycles. The maximum atomic E-state index is 12.8. The van der Waals surface area contributed by atoms with Gasteiger partial charge in [-0.25, -0.2) is 4.39 Å². The average Bonchev–Trinajstić information content (AvgIpc) is 2.70. The highest BCUT2D eigenvalue weighted by Gasteiger charge is 2.02. The number of rotatable bonds is 3. The van der Waals surface area contributed by atoms with Crippen LogP contribution in [0.25, 0.3) is 0 Å². The third-order valence-corrected chi connectivity index (χ3v) is 3.26. The number of hydrogen-bond acceptors (Lipinski definition) is 1. The van der Waals surface area contributed by atoms with Gasteiger partial charge in [0.2, 0.25) is 0 Å². The monoisotopic (exact) mass is 277 g/mol. The Hall–Kier alpha value is -1.88. The topological polar surface area (TPSA) is 29.0 Å². The van der Waals surface area contributed by atoms with Gasteiger partial charge >= 0.3 is 0 Å². The summed E-state index contributed by atoms with van der Waals surface area (Å²) in [5.41, 5.74) is 3.12. The molecule has 0 unspecified atom stereocenters. The summed E-state index contributed by atoms with van der Waals surface area (Å²) in [6, 6.07) is 10.2. The van der Waals surface area contributed by atoms with E-state index in [4.69, 9.17) is 12.2 Å². The van der Waals surface area contributed by atoms with Crippen LogP contribution in [0.1, 0.15) is 11.4 Å². The standard InChI is InChI=1S/C14H16FN3S/c1-10-3-8-13(18(10)2)9-16-14(19)17-12-6-4-11(15)5-7-12/h3-8H,9H2,1-2H3,(H2,16,17,19). The van der Waals surface area contributed by atoms with Gasteiger partial charge in [0.25, 0.3) is 0 Å². The van der Waals surface area contributed by atoms with E-state index in [9.17, 15) is 4.39 Å². The summed E-state index contributed by atoms with van der Waals surface area (Å²) >= 11 is 5.19. The first-order valence-corrected chi connectivity index (χ1v) is 6.38. The molecule has 0 spiro atoms. The molecule has 1 aromatic carbocycles. The highest BCUT2D eigenvalue weighted by molar-refractivity contribution is 7.80. The zero-order valence-corrected chi connectivity index (χ0v) is 11.7. The number of benzene rings is 1. The Kier molecular flexibility index (Phi) is 4.16. The van der Waals surface area contributed by atoms with Gasteiger partial charge in [0.15, 0.2) is 5.11 Å². The molecule has 0 aliphatic heterocycles. The van der Waals surface area contributed by atoms with Crippen molar-refractivity contribution in [1.29, 1.82) is 0 Å². The number of aromatic nitrogens is 1. The van der Waals surface area contributed by atoms with Gasteiger partial charge < -0.3 is 15.2 Å². The molecular weight excluding hydrogens is 261 g/mol. The second-order valence-electron chi connectivity index (χ2n) is 4.34. The molecule has 100 valence electrons. The smallest absolute Gasteiger partial charge is 0.171 e. The van der Waals surface area contributed by atoms with E-state index < -0.39 is 0 Å². The van der Waals surface area contributed by atoms with Gasteiger partial charge in [0.05, 0.1) is 6.54 Å². The maximum absolute atomic E-state index is 12.8. The van der Waals surface area contributed by atoms with E-state index in [0.29, 0.717) is 11.7 Å². The summed E-state index contributed by atoms with van der Waals surface area (Å²) in [4.78, 5) is 0. The first-order chi connectivity index (χ1) is 9.06. The van der Waals surface area contributed by atoms with Crippen LogP contribution in [0.2, 0.25) is 0 Å². The zero-order valence-electron chi connectivity index (χ0n) is 10.9. The number of thiocarbonyl (C=S) groups is 1. The van der Waals surface area contributed by atoms with E-state index in [1.54, 1.807) is 12.1 Å². The van der Waals surface area contributed by atoms with Crippen molar-refractivity contribution in [3.05, 3.63) is 53.6 Å². The maximum Gasteiger partial charge on any atom is 0.171 e. The van der Waals surface area contributed by atoms with Crippen LogP contribution in [0.15, 0.2) is 36.4 Å². The van der Waals surface area contributed by atoms with E-state index in [2.05, 4.69) is 34.3 Å². The number of hydrogen-bond donors (Lipinski definition) is 2. The molecule has 19 heavy (non-hydrogen) atoms. The Balaban J connectivity index is 1.88. The van der Waals surface area contributed by atoms with Crippen LogP contribution in [0, 0.1) is 12.7 Å². The number of halogens is 1. The Morgan fingerprint density at radius 3 is 2.47 bits per heavy atom. The van der Waals surface area contributed by atoms with Crippen LogP contribution in [-0.4, -0.2) is 9.68 Å². The molecule has 0 amide bonds. The van der Waals surface area contributed by atoms with Crippen molar-refractivity contribution < 1.29 is 4.39 Å². The van der Waals surface area contributed by atoms with Gasteiger partial charge in [-0.3, -0.25) is 0 Å². The molecule has 2 N–H and O–H groups in total. The van der Waals surface area contributed by atoms with E-state index in [1.165, 1.54) is 17.8 Å². The molecule has 0 saturated carbocycles. The molecule has 0 fully saturated rings. The van der Waals surface area contributed by atoms with Crippen LogP contribution in [-0.2, 0) is 13.6 Å². The van der Waals surface area contributed by atoms with Gasteiger partial charge in [0.1, 0.15) is 5.82 Å². The zero-order chi connectivity index (χ0) is 13.8. The van der Waals surface area contributed by atoms with Crippen LogP contribution in [0.5, 0.6) is 0 Å². The predicted octanol–water partition coefficient (Wildman–Crippen LogP) is 2.96. The largest absolute Gasteiger partial charge is 0.357 e. The van der Waals surface area contributed by atoms with Crippen molar-refractivity contribution in [2.75, 3.05) is 5.32 Å². The molecular formula is C14H16FN3S. The van der Waals surface area contributed by atoms with Gasteiger partial charge in [-0.1, -0.05) is 0 Å². The Bertz CT molecular complexity index is 575. The fourth-order valence-electron chi connectivity index (χ4n) is 1.72. The highest BCUT2D eigenvalue weighted by Crippen LogP contribution is 2.08. The van der Waals surface area contributed by atoms with Crippen molar-refractivity contribution in [2.24, 2.45) is 7.05 Å². The van der Waals surface area contributed by atoms with E-state index >= 15 is 0 Å². The number of nitrogens with one attached hydrogen (secondary N) is 2. The minimum absolute atomic E-state index is 0.260. The van der Waals surface area contributed by atoms with E-state index in [-0.39, 0.29) is 5.82 Å². The lowest BCUT2D eigenvalue weighted by Crippen LogP contribution is -2.28. The Morgan fingerprint density at radius 1 is 1.21 bits per heavy atom. The van der Waals surface area contributed by atoms with Crippen molar-refractivity contribution in [1.82, 2.24) is 9.88 Å². The molecule has 0 radical (unpaired) electrons. The summed E-state index contributed by atoms with van der Waals surface area (Å²) in [5, 5.41) is 6.65. The average molecular weight is 277 g/mol. The first-order valence-electron chi connectivity index (χ1n) is 5.98. The summed E-state index contributed by atoms with van der Waals surface area (Å²) in [6.45, 7) is 2.70. The normalized spacial score (nSPS) is 10.3. The van der Waals surface area contributed by atoms with E-state index in [1.807, 2.05) is 7.05 Å². The van der Waals surface area contributed by atoms with Crippen molar-refractivity contribution in [3.63, 3.8) is 0 Å². The molecule has 0 atom stereocenters. The third kappa shape index (κ3) is 3.54. The SMILES string of the molecule is Cc1ccc(CNC(=S)Nc2ccc(F)cc2)n1C. The van der Waals surface area contributed by atoms with Crippen LogP contribution >= 0.6 is 12.2 Å². The molecule has 1 heterocycles. The lowest BCUT2D eigenvalue weighted by molar-refractivity contribution is 0.628. The van der Waals surface area contributed by atoms with Crippen LogP contribution in [0.4, 0.5) is 10.1 Å². The van der Waals surface area contributed by atoms with Crippen LogP contribution in [0.3, 0.4) is 0 Å². The summed E-state index contributed by atoms with van der Waals surface area (Å²) in [5.74, 6) is -0.260. The molecule has 0 bridgehead atoms. The lowest BCUT2D eigenvalue weighted by atomic mass is 10.3. The Labute approximate surface area is 117 Å². The fourth-order valence-corrected chi connectivity index (χ4v) is 1.91. The first kappa shape index (κ1) is 13.5. The number of nitrogens with zero attached hydrogens (tertiary/aromatic N) is 1. The van der Waals surface area contributed by atoms with Gasteiger partial charge in [-0.15, -0.1) is 0 Å². The minimum Gasteiger partial charge on any atom is -0.357 e. The van der Waals surface area contributed by atoms with E-state index in [0.717, 1.165) is 11.4 Å². The fraction of sp³-hybridized carbons (Fsp3) is 0.214. The van der Waals surface area contributed by atoms with Crippen molar-refractivity contribution >= 4 is 23.0 Å². The predicted molar refractivity (Wildman–Crippen MR) is 79.6 cm³/mol. The number of aryl methyl sites for hydroxylation is 1. The van der Waals surface area contributed by atoms with Crippen molar-refractivity contribution in [3.8, 4) is 0 Å². The second-order valence-corrected chi connectivity index (χ2v) is 4.75. The molecule has 5 heteroatoms.